The number of aromatic nitrogens is 1. The van der Waals surface area contributed by atoms with Gasteiger partial charge in [-0.05, 0) is 61.1 Å². The van der Waals surface area contributed by atoms with Gasteiger partial charge in [-0.2, -0.15) is 0 Å². The Bertz CT molecular complexity index is 632. The molecule has 1 heterocycles. The normalized spacial score (nSPS) is 12.1. The molecule has 0 unspecified atom stereocenters. The van der Waals surface area contributed by atoms with E-state index in [1.807, 2.05) is 6.20 Å². The molecule has 2 rings (SSSR count). The van der Waals surface area contributed by atoms with E-state index in [-0.39, 0.29) is 0 Å². The monoisotopic (exact) mass is 381 g/mol. The van der Waals surface area contributed by atoms with Crippen LogP contribution in [-0.4, -0.2) is 11.6 Å². The lowest BCUT2D eigenvalue weighted by Gasteiger charge is -2.09. The summed E-state index contributed by atoms with van der Waals surface area (Å²) in [5.41, 5.74) is 3.53. The van der Waals surface area contributed by atoms with Crippen molar-refractivity contribution >= 4 is 0 Å². The first-order valence-corrected chi connectivity index (χ1v) is 11.4. The minimum absolute atomic E-state index is 0.810. The molecule has 0 fully saturated rings. The van der Waals surface area contributed by atoms with Crippen molar-refractivity contribution in [1.82, 2.24) is 4.98 Å². The van der Waals surface area contributed by atoms with Crippen LogP contribution in [0.15, 0.2) is 42.6 Å². The van der Waals surface area contributed by atoms with Crippen molar-refractivity contribution in [1.29, 1.82) is 0 Å². The summed E-state index contributed by atoms with van der Waals surface area (Å²) in [4.78, 5) is 4.65. The third-order valence-corrected chi connectivity index (χ3v) is 5.60. The van der Waals surface area contributed by atoms with Crippen molar-refractivity contribution in [3.63, 3.8) is 0 Å². The molecule has 0 aliphatic heterocycles. The molecule has 0 amide bonds. The maximum Gasteiger partial charge on any atom is 0.119 e. The highest BCUT2D eigenvalue weighted by atomic mass is 16.5. The maximum absolute atomic E-state index is 5.89. The van der Waals surface area contributed by atoms with Crippen molar-refractivity contribution in [2.75, 3.05) is 6.61 Å². The van der Waals surface area contributed by atoms with Crippen molar-refractivity contribution in [2.45, 2.75) is 85.0 Å². The van der Waals surface area contributed by atoms with Gasteiger partial charge in [-0.1, -0.05) is 71.8 Å². The lowest BCUT2D eigenvalue weighted by molar-refractivity contribution is 0.302. The molecule has 0 aliphatic rings. The van der Waals surface area contributed by atoms with Crippen LogP contribution >= 0.6 is 0 Å². The summed E-state index contributed by atoms with van der Waals surface area (Å²) in [6.45, 7) is 7.68. The van der Waals surface area contributed by atoms with Crippen molar-refractivity contribution in [3.05, 3.63) is 48.2 Å². The lowest BCUT2D eigenvalue weighted by atomic mass is 10.0. The van der Waals surface area contributed by atoms with Gasteiger partial charge in [0.1, 0.15) is 5.75 Å². The predicted octanol–water partition coefficient (Wildman–Crippen LogP) is 7.86. The van der Waals surface area contributed by atoms with Crippen molar-refractivity contribution in [3.8, 4) is 17.0 Å². The van der Waals surface area contributed by atoms with Crippen LogP contribution in [0.4, 0.5) is 0 Å². The number of ether oxygens (including phenoxy) is 1. The predicted molar refractivity (Wildman–Crippen MR) is 121 cm³/mol. The summed E-state index contributed by atoms with van der Waals surface area (Å²) in [7, 11) is 0. The van der Waals surface area contributed by atoms with E-state index in [1.165, 1.54) is 56.9 Å². The molecule has 2 heteroatoms. The molecule has 1 aromatic heterocycles. The summed E-state index contributed by atoms with van der Waals surface area (Å²) in [6.07, 6.45) is 14.7. The molecular formula is C26H39NO. The fourth-order valence-corrected chi connectivity index (χ4v) is 3.39. The molecule has 0 radical (unpaired) electrons. The van der Waals surface area contributed by atoms with Gasteiger partial charge < -0.3 is 4.74 Å². The van der Waals surface area contributed by atoms with Crippen LogP contribution in [0.3, 0.4) is 0 Å². The largest absolute Gasteiger partial charge is 0.494 e. The molecule has 0 saturated heterocycles. The molecule has 28 heavy (non-hydrogen) atoms. The fourth-order valence-electron chi connectivity index (χ4n) is 3.39. The topological polar surface area (TPSA) is 22.1 Å². The second-order valence-electron chi connectivity index (χ2n) is 8.10. The van der Waals surface area contributed by atoms with Crippen LogP contribution < -0.4 is 4.74 Å². The molecular weight excluding hydrogens is 342 g/mol. The first-order valence-electron chi connectivity index (χ1n) is 11.4. The first kappa shape index (κ1) is 22.5. The van der Waals surface area contributed by atoms with E-state index in [0.29, 0.717) is 0 Å². The van der Waals surface area contributed by atoms with Gasteiger partial charge in [-0.25, -0.2) is 0 Å². The second kappa shape index (κ2) is 13.4. The van der Waals surface area contributed by atoms with E-state index in [4.69, 9.17) is 4.74 Å². The molecule has 2 nitrogen and oxygen atoms in total. The number of unbranched alkanes of at least 4 members (excludes halogenated alkanes) is 5. The van der Waals surface area contributed by atoms with E-state index in [0.717, 1.165) is 42.4 Å². The molecule has 0 bridgehead atoms. The number of rotatable bonds is 14. The van der Waals surface area contributed by atoms with Crippen LogP contribution in [0.5, 0.6) is 5.75 Å². The summed E-state index contributed by atoms with van der Waals surface area (Å²) in [5, 5.41) is 0. The number of aryl methyl sites for hydroxylation is 1. The molecule has 2 aromatic rings. The van der Waals surface area contributed by atoms with Crippen LogP contribution in [0.1, 0.15) is 84.1 Å². The number of pyridine rings is 1. The van der Waals surface area contributed by atoms with E-state index < -0.39 is 0 Å². The molecule has 0 saturated carbocycles. The van der Waals surface area contributed by atoms with Crippen molar-refractivity contribution in [2.24, 2.45) is 5.92 Å². The van der Waals surface area contributed by atoms with Gasteiger partial charge >= 0.3 is 0 Å². The minimum atomic E-state index is 0.810. The Labute approximate surface area is 172 Å². The summed E-state index contributed by atoms with van der Waals surface area (Å²) >= 11 is 0. The average molecular weight is 382 g/mol. The smallest absolute Gasteiger partial charge is 0.119 e. The maximum atomic E-state index is 5.89. The molecule has 1 atom stereocenters. The molecule has 154 valence electrons. The van der Waals surface area contributed by atoms with Gasteiger partial charge in [0.25, 0.3) is 0 Å². The first-order chi connectivity index (χ1) is 13.7. The third-order valence-electron chi connectivity index (χ3n) is 5.60. The summed E-state index contributed by atoms with van der Waals surface area (Å²) < 4.78 is 5.89. The highest BCUT2D eigenvalue weighted by Crippen LogP contribution is 2.22. The van der Waals surface area contributed by atoms with Gasteiger partial charge in [0.05, 0.1) is 12.3 Å². The van der Waals surface area contributed by atoms with E-state index in [9.17, 15) is 0 Å². The Kier molecular flexibility index (Phi) is 10.7. The van der Waals surface area contributed by atoms with E-state index in [1.54, 1.807) is 0 Å². The Morgan fingerprint density at radius 3 is 2.32 bits per heavy atom. The van der Waals surface area contributed by atoms with Crippen LogP contribution in [0, 0.1) is 5.92 Å². The van der Waals surface area contributed by atoms with Crippen LogP contribution in [0.25, 0.3) is 11.3 Å². The second-order valence-corrected chi connectivity index (χ2v) is 8.10. The quantitative estimate of drug-likeness (QED) is 0.311. The Morgan fingerprint density at radius 1 is 0.857 bits per heavy atom. The Balaban J connectivity index is 1.71. The van der Waals surface area contributed by atoms with Gasteiger partial charge in [0.15, 0.2) is 0 Å². The lowest BCUT2D eigenvalue weighted by Crippen LogP contribution is -1.98. The Morgan fingerprint density at radius 2 is 1.64 bits per heavy atom. The fraction of sp³-hybridized carbons (Fsp3) is 0.577. The van der Waals surface area contributed by atoms with E-state index >= 15 is 0 Å². The molecule has 0 aliphatic carbocycles. The molecule has 1 aromatic carbocycles. The third kappa shape index (κ3) is 8.46. The standard InChI is InChI=1S/C26H39NO/c1-4-6-7-10-13-23-14-19-26(27-21-23)24-15-17-25(18-16-24)28-20-11-8-9-12-22(3)5-2/h14-19,21-22H,4-13,20H2,1-3H3/t22-/m0/s1. The molecule has 0 N–H and O–H groups in total. The number of benzene rings is 1. The van der Waals surface area contributed by atoms with Crippen LogP contribution in [0.2, 0.25) is 0 Å². The number of nitrogens with zero attached hydrogens (tertiary/aromatic N) is 1. The van der Waals surface area contributed by atoms with Gasteiger partial charge in [-0.15, -0.1) is 0 Å². The Hall–Kier alpha value is -1.83. The zero-order valence-electron chi connectivity index (χ0n) is 18.3. The van der Waals surface area contributed by atoms with E-state index in [2.05, 4.69) is 62.2 Å². The SMILES string of the molecule is CCCCCCc1ccc(-c2ccc(OCCCCC[C@@H](C)CC)cc2)nc1. The average Bonchev–Trinajstić information content (AvgIpc) is 2.74. The van der Waals surface area contributed by atoms with Crippen LogP contribution in [-0.2, 0) is 6.42 Å². The number of hydrogen-bond acceptors (Lipinski definition) is 2. The van der Waals surface area contributed by atoms with Gasteiger partial charge in [0.2, 0.25) is 0 Å². The van der Waals surface area contributed by atoms with Crippen molar-refractivity contribution < 1.29 is 4.74 Å². The zero-order valence-corrected chi connectivity index (χ0v) is 18.3. The summed E-state index contributed by atoms with van der Waals surface area (Å²) in [6, 6.07) is 12.7. The minimum Gasteiger partial charge on any atom is -0.494 e. The summed E-state index contributed by atoms with van der Waals surface area (Å²) in [5.74, 6) is 1.82. The van der Waals surface area contributed by atoms with Gasteiger partial charge in [0, 0.05) is 11.8 Å². The van der Waals surface area contributed by atoms with Gasteiger partial charge in [-0.3, -0.25) is 4.98 Å². The highest BCUT2D eigenvalue weighted by Gasteiger charge is 2.02. The highest BCUT2D eigenvalue weighted by molar-refractivity contribution is 5.60. The molecule has 0 spiro atoms. The zero-order chi connectivity index (χ0) is 20.0. The number of hydrogen-bond donors (Lipinski definition) is 0.